The van der Waals surface area contributed by atoms with Gasteiger partial charge in [0.05, 0.1) is 41.5 Å². The molecule has 2 aliphatic heterocycles. The molecule has 2 unspecified atom stereocenters. The second-order valence-electron chi connectivity index (χ2n) is 14.3. The molecule has 0 aromatic rings. The molecule has 6 aliphatic rings. The Bertz CT molecular complexity index is 1080. The van der Waals surface area contributed by atoms with Crippen LogP contribution < -0.4 is 0 Å². The van der Waals surface area contributed by atoms with Gasteiger partial charge >= 0.3 is 5.97 Å². The van der Waals surface area contributed by atoms with Crippen molar-refractivity contribution >= 4 is 5.97 Å². The predicted octanol–water partition coefficient (Wildman–Crippen LogP) is 3.32. The quantitative estimate of drug-likeness (QED) is 0.290. The third kappa shape index (κ3) is 4.84. The van der Waals surface area contributed by atoms with Gasteiger partial charge < -0.3 is 47.7 Å². The Labute approximate surface area is 254 Å². The van der Waals surface area contributed by atoms with Crippen LogP contribution in [-0.2, 0) is 47.4 Å². The maximum Gasteiger partial charge on any atom is 0.331 e. The predicted molar refractivity (Wildman–Crippen MR) is 151 cm³/mol. The fourth-order valence-corrected chi connectivity index (χ4v) is 10.5. The number of carbonyl (C=O) groups excluding carboxylic acids is 1. The Morgan fingerprint density at radius 1 is 0.977 bits per heavy atom. The van der Waals surface area contributed by atoms with Crippen LogP contribution in [0.4, 0.5) is 0 Å². The van der Waals surface area contributed by atoms with Crippen LogP contribution in [0.2, 0.25) is 0 Å². The van der Waals surface area contributed by atoms with Crippen LogP contribution in [0.1, 0.15) is 65.7 Å². The first kappa shape index (κ1) is 31.8. The molecule has 6 rings (SSSR count). The Balaban J connectivity index is 1.47. The van der Waals surface area contributed by atoms with Gasteiger partial charge in [-0.05, 0) is 63.4 Å². The molecule has 10 atom stereocenters. The summed E-state index contributed by atoms with van der Waals surface area (Å²) in [5.74, 6) is -1.19. The number of hydrogen-bond acceptors (Lipinski definition) is 11. The fraction of sp³-hybridized carbons (Fsp3) is 0.906. The minimum atomic E-state index is -1.12. The van der Waals surface area contributed by atoms with Gasteiger partial charge in [-0.25, -0.2) is 4.79 Å². The van der Waals surface area contributed by atoms with Crippen molar-refractivity contribution in [3.8, 4) is 0 Å². The van der Waals surface area contributed by atoms with E-state index in [1.165, 1.54) is 0 Å². The minimum Gasteiger partial charge on any atom is -0.458 e. The van der Waals surface area contributed by atoms with Crippen molar-refractivity contribution in [2.24, 2.45) is 28.6 Å². The number of methoxy groups -OCH3 is 3. The zero-order valence-electron chi connectivity index (χ0n) is 26.6. The van der Waals surface area contributed by atoms with E-state index in [2.05, 4.69) is 6.92 Å². The van der Waals surface area contributed by atoms with Crippen LogP contribution in [0.3, 0.4) is 0 Å². The summed E-state index contributed by atoms with van der Waals surface area (Å²) in [4.78, 5) is 12.2. The van der Waals surface area contributed by atoms with E-state index in [1.807, 2.05) is 13.8 Å². The highest BCUT2D eigenvalue weighted by Gasteiger charge is 2.77. The second-order valence-corrected chi connectivity index (χ2v) is 14.3. The average Bonchev–Trinajstić information content (AvgIpc) is 3.52. The second kappa shape index (κ2) is 11.6. The Morgan fingerprint density at radius 3 is 2.42 bits per heavy atom. The maximum absolute atomic E-state index is 12.8. The van der Waals surface area contributed by atoms with Gasteiger partial charge in [-0.2, -0.15) is 0 Å². The average molecular weight is 611 g/mol. The summed E-state index contributed by atoms with van der Waals surface area (Å²) in [5.41, 5.74) is -1.85. The zero-order valence-corrected chi connectivity index (χ0v) is 26.6. The highest BCUT2D eigenvalue weighted by atomic mass is 16.7. The van der Waals surface area contributed by atoms with Crippen LogP contribution in [0.25, 0.3) is 0 Å². The number of hydrogen-bond donors (Lipinski definition) is 1. The van der Waals surface area contributed by atoms with E-state index in [-0.39, 0.29) is 67.8 Å². The van der Waals surface area contributed by atoms with Gasteiger partial charge in [0, 0.05) is 51.6 Å². The van der Waals surface area contributed by atoms with E-state index in [1.54, 1.807) is 27.4 Å². The fourth-order valence-electron chi connectivity index (χ4n) is 10.5. The van der Waals surface area contributed by atoms with Crippen LogP contribution in [0.5, 0.6) is 0 Å². The van der Waals surface area contributed by atoms with Gasteiger partial charge in [-0.3, -0.25) is 0 Å². The Kier molecular flexibility index (Phi) is 8.57. The highest BCUT2D eigenvalue weighted by Crippen LogP contribution is 2.73. The summed E-state index contributed by atoms with van der Waals surface area (Å²) in [6, 6.07) is 0. The SMILES string of the molecule is COCO[C@H]1C[C@H]2OC(C)(C)OC[C@]23C2C(CC[C@]3(O)C1)[C@@]1(OCOC)CC[C@H](C3=CC(=O)OC3)[C@@]1(C)C[C@@H]2OCOC. The van der Waals surface area contributed by atoms with Crippen molar-refractivity contribution in [3.63, 3.8) is 0 Å². The molecule has 11 heteroatoms. The maximum atomic E-state index is 12.8. The molecular formula is C32H50O11. The minimum absolute atomic E-state index is 0.000454. The van der Waals surface area contributed by atoms with E-state index in [0.29, 0.717) is 38.9 Å². The molecule has 4 aliphatic carbocycles. The summed E-state index contributed by atoms with van der Waals surface area (Å²) < 4.78 is 54.6. The molecule has 1 spiro atoms. The molecular weight excluding hydrogens is 560 g/mol. The summed E-state index contributed by atoms with van der Waals surface area (Å²) in [6.45, 7) is 7.21. The molecule has 43 heavy (non-hydrogen) atoms. The molecule has 2 heterocycles. The normalized spacial score (nSPS) is 46.8. The van der Waals surface area contributed by atoms with E-state index < -0.39 is 22.4 Å². The monoisotopic (exact) mass is 610 g/mol. The van der Waals surface area contributed by atoms with Crippen molar-refractivity contribution in [2.45, 2.75) is 101 Å². The number of rotatable bonds is 10. The topological polar surface area (TPSA) is 120 Å². The van der Waals surface area contributed by atoms with Gasteiger partial charge in [-0.15, -0.1) is 0 Å². The molecule has 11 nitrogen and oxygen atoms in total. The van der Waals surface area contributed by atoms with Crippen LogP contribution in [-0.4, -0.2) is 101 Å². The number of fused-ring (bicyclic) bond motifs is 3. The molecule has 5 fully saturated rings. The van der Waals surface area contributed by atoms with Crippen LogP contribution in [0, 0.1) is 28.6 Å². The standard InChI is InChI=1S/C32H50O11/c1-28(2)41-16-31-25(43-28)12-21(39-17-35-4)13-30(31,34)9-7-23-27(31)24(40-18-36-5)14-29(3)22(20-11-26(33)38-15-20)8-10-32(23,29)42-19-37-6/h11,21-25,27,34H,7-10,12-19H2,1-6H3/t21-,22+,23?,24-,25+,27?,29+,30-,31+,32-/m0/s1. The number of carbonyl (C=O) groups is 1. The summed E-state index contributed by atoms with van der Waals surface area (Å²) in [6.07, 6.45) is 5.46. The summed E-state index contributed by atoms with van der Waals surface area (Å²) >= 11 is 0. The first-order valence-corrected chi connectivity index (χ1v) is 15.7. The van der Waals surface area contributed by atoms with Gasteiger partial charge in [-0.1, -0.05) is 6.92 Å². The lowest BCUT2D eigenvalue weighted by Crippen LogP contribution is -2.78. The lowest BCUT2D eigenvalue weighted by atomic mass is 9.40. The Hall–Kier alpha value is -1.15. The summed E-state index contributed by atoms with van der Waals surface area (Å²) in [7, 11) is 4.89. The molecule has 0 amide bonds. The third-order valence-corrected chi connectivity index (χ3v) is 12.0. The number of cyclic esters (lactones) is 1. The number of ether oxygens (including phenoxy) is 9. The summed E-state index contributed by atoms with van der Waals surface area (Å²) in [5, 5.41) is 12.8. The van der Waals surface area contributed by atoms with Crippen molar-refractivity contribution in [1.29, 1.82) is 0 Å². The van der Waals surface area contributed by atoms with E-state index in [4.69, 9.17) is 42.6 Å². The van der Waals surface area contributed by atoms with Gasteiger partial charge in [0.25, 0.3) is 0 Å². The third-order valence-electron chi connectivity index (χ3n) is 12.0. The van der Waals surface area contributed by atoms with Crippen LogP contribution >= 0.6 is 0 Å². The van der Waals surface area contributed by atoms with E-state index in [9.17, 15) is 9.90 Å². The largest absolute Gasteiger partial charge is 0.458 e. The zero-order chi connectivity index (χ0) is 30.7. The van der Waals surface area contributed by atoms with Gasteiger partial charge in [0.1, 0.15) is 27.0 Å². The number of aliphatic hydroxyl groups is 1. The molecule has 4 saturated carbocycles. The first-order valence-electron chi connectivity index (χ1n) is 15.7. The van der Waals surface area contributed by atoms with E-state index >= 15 is 0 Å². The molecule has 0 bridgehead atoms. The van der Waals surface area contributed by atoms with Gasteiger partial charge in [0.15, 0.2) is 5.79 Å². The van der Waals surface area contributed by atoms with E-state index in [0.717, 1.165) is 24.8 Å². The molecule has 244 valence electrons. The highest BCUT2D eigenvalue weighted by molar-refractivity contribution is 5.85. The first-order chi connectivity index (χ1) is 20.5. The van der Waals surface area contributed by atoms with Gasteiger partial charge in [0.2, 0.25) is 0 Å². The molecule has 0 radical (unpaired) electrons. The molecule has 1 saturated heterocycles. The number of esters is 1. The van der Waals surface area contributed by atoms with Crippen molar-refractivity contribution < 1.29 is 52.5 Å². The molecule has 0 aromatic carbocycles. The molecule has 0 aromatic heterocycles. The molecule has 1 N–H and O–H groups in total. The van der Waals surface area contributed by atoms with Crippen molar-refractivity contribution in [1.82, 2.24) is 0 Å². The smallest absolute Gasteiger partial charge is 0.331 e. The van der Waals surface area contributed by atoms with Crippen molar-refractivity contribution in [3.05, 3.63) is 11.6 Å². The lowest BCUT2D eigenvalue weighted by molar-refractivity contribution is -0.408. The lowest BCUT2D eigenvalue weighted by Gasteiger charge is -2.71. The van der Waals surface area contributed by atoms with Crippen molar-refractivity contribution in [2.75, 3.05) is 54.9 Å². The van der Waals surface area contributed by atoms with Crippen LogP contribution in [0.15, 0.2) is 11.6 Å². The Morgan fingerprint density at radius 2 is 1.72 bits per heavy atom.